The van der Waals surface area contributed by atoms with Gasteiger partial charge in [-0.15, -0.1) is 0 Å². The Balaban J connectivity index is 1.97. The highest BCUT2D eigenvalue weighted by Crippen LogP contribution is 2.40. The Morgan fingerprint density at radius 2 is 2.26 bits per heavy atom. The lowest BCUT2D eigenvalue weighted by molar-refractivity contribution is 0.0179. The number of nitrogens with zero attached hydrogens (tertiary/aromatic N) is 1. The fraction of sp³-hybridized carbons (Fsp3) is 0.571. The van der Waals surface area contributed by atoms with E-state index in [0.29, 0.717) is 24.6 Å². The molecule has 1 aliphatic carbocycles. The first kappa shape index (κ1) is 13.8. The Kier molecular flexibility index (Phi) is 4.37. The van der Waals surface area contributed by atoms with Gasteiger partial charge in [-0.3, -0.25) is 4.79 Å². The van der Waals surface area contributed by atoms with Crippen molar-refractivity contribution in [1.29, 1.82) is 0 Å². The molecule has 1 aromatic heterocycles. The summed E-state index contributed by atoms with van der Waals surface area (Å²) in [5, 5.41) is 2.96. The molecule has 1 saturated carbocycles. The monoisotopic (exact) mass is 264 g/mol. The minimum absolute atomic E-state index is 0.111. The Morgan fingerprint density at radius 1 is 1.47 bits per heavy atom. The largest absolute Gasteiger partial charge is 0.480 e. The number of carbonyl (C=O) groups excluding carboxylic acids is 1. The first-order chi connectivity index (χ1) is 9.21. The first-order valence-electron chi connectivity index (χ1n) is 6.47. The van der Waals surface area contributed by atoms with Crippen LogP contribution in [0.5, 0.6) is 5.88 Å². The number of hydrogen-bond acceptors (Lipinski definition) is 4. The highest BCUT2D eigenvalue weighted by Gasteiger charge is 2.37. The van der Waals surface area contributed by atoms with Crippen molar-refractivity contribution in [3.05, 3.63) is 23.9 Å². The summed E-state index contributed by atoms with van der Waals surface area (Å²) < 4.78 is 10.3. The van der Waals surface area contributed by atoms with Crippen molar-refractivity contribution in [2.45, 2.75) is 19.3 Å². The van der Waals surface area contributed by atoms with Gasteiger partial charge in [0, 0.05) is 25.3 Å². The van der Waals surface area contributed by atoms with Crippen LogP contribution in [-0.4, -0.2) is 38.3 Å². The number of rotatable bonds is 6. The number of pyridine rings is 1. The van der Waals surface area contributed by atoms with Crippen LogP contribution in [0.15, 0.2) is 18.3 Å². The Hall–Kier alpha value is -1.62. The number of amides is 1. The van der Waals surface area contributed by atoms with Gasteiger partial charge in [0.05, 0.1) is 13.7 Å². The summed E-state index contributed by atoms with van der Waals surface area (Å²) in [6.45, 7) is 1.33. The quantitative estimate of drug-likeness (QED) is 0.848. The molecule has 0 saturated heterocycles. The standard InChI is InChI=1S/C14H20N2O3/c1-18-10-14(6-4-7-14)9-16-12(17)11-5-3-8-15-13(11)19-2/h3,5,8H,4,6-7,9-10H2,1-2H3,(H,16,17). The van der Waals surface area contributed by atoms with Crippen molar-refractivity contribution in [1.82, 2.24) is 10.3 Å². The molecule has 19 heavy (non-hydrogen) atoms. The maximum absolute atomic E-state index is 12.1. The molecule has 5 nitrogen and oxygen atoms in total. The van der Waals surface area contributed by atoms with E-state index in [1.807, 2.05) is 0 Å². The van der Waals surface area contributed by atoms with Gasteiger partial charge in [0.15, 0.2) is 0 Å². The molecule has 1 N–H and O–H groups in total. The average molecular weight is 264 g/mol. The molecule has 0 radical (unpaired) electrons. The van der Waals surface area contributed by atoms with Gasteiger partial charge in [0.1, 0.15) is 5.56 Å². The molecule has 0 atom stereocenters. The van der Waals surface area contributed by atoms with Gasteiger partial charge in [-0.25, -0.2) is 4.98 Å². The van der Waals surface area contributed by atoms with Crippen molar-refractivity contribution < 1.29 is 14.3 Å². The number of aromatic nitrogens is 1. The molecule has 0 aliphatic heterocycles. The topological polar surface area (TPSA) is 60.5 Å². The fourth-order valence-corrected chi connectivity index (χ4v) is 2.44. The van der Waals surface area contributed by atoms with Crippen LogP contribution in [0.4, 0.5) is 0 Å². The highest BCUT2D eigenvalue weighted by atomic mass is 16.5. The van der Waals surface area contributed by atoms with Crippen LogP contribution in [0.2, 0.25) is 0 Å². The first-order valence-corrected chi connectivity index (χ1v) is 6.47. The van der Waals surface area contributed by atoms with Crippen molar-refractivity contribution in [2.75, 3.05) is 27.4 Å². The Morgan fingerprint density at radius 3 is 2.84 bits per heavy atom. The van der Waals surface area contributed by atoms with E-state index in [1.54, 1.807) is 25.4 Å². The smallest absolute Gasteiger partial charge is 0.256 e. The molecular formula is C14H20N2O3. The molecule has 1 amide bonds. The second kappa shape index (κ2) is 6.02. The molecule has 0 unspecified atom stereocenters. The second-order valence-electron chi connectivity index (χ2n) is 5.03. The predicted octanol–water partition coefficient (Wildman–Crippen LogP) is 1.64. The predicted molar refractivity (Wildman–Crippen MR) is 71.3 cm³/mol. The summed E-state index contributed by atoms with van der Waals surface area (Å²) in [4.78, 5) is 16.2. The average Bonchev–Trinajstić information content (AvgIpc) is 2.41. The second-order valence-corrected chi connectivity index (χ2v) is 5.03. The Labute approximate surface area is 113 Å². The molecule has 0 spiro atoms. The van der Waals surface area contributed by atoms with Gasteiger partial charge in [-0.2, -0.15) is 0 Å². The van der Waals surface area contributed by atoms with E-state index >= 15 is 0 Å². The van der Waals surface area contributed by atoms with Crippen LogP contribution in [0, 0.1) is 5.41 Å². The minimum atomic E-state index is -0.146. The summed E-state index contributed by atoms with van der Waals surface area (Å²) in [5.41, 5.74) is 0.580. The van der Waals surface area contributed by atoms with Gasteiger partial charge in [0.2, 0.25) is 5.88 Å². The highest BCUT2D eigenvalue weighted by molar-refractivity contribution is 5.96. The van der Waals surface area contributed by atoms with Gasteiger partial charge in [-0.1, -0.05) is 6.42 Å². The number of hydrogen-bond donors (Lipinski definition) is 1. The van der Waals surface area contributed by atoms with E-state index in [9.17, 15) is 4.79 Å². The van der Waals surface area contributed by atoms with Crippen LogP contribution in [0.3, 0.4) is 0 Å². The molecular weight excluding hydrogens is 244 g/mol. The van der Waals surface area contributed by atoms with Crippen LogP contribution in [-0.2, 0) is 4.74 Å². The lowest BCUT2D eigenvalue weighted by Crippen LogP contribution is -2.45. The SMILES string of the molecule is COCC1(CNC(=O)c2cccnc2OC)CCC1. The van der Waals surface area contributed by atoms with E-state index in [2.05, 4.69) is 10.3 Å². The number of nitrogens with one attached hydrogen (secondary N) is 1. The summed E-state index contributed by atoms with van der Waals surface area (Å²) >= 11 is 0. The van der Waals surface area contributed by atoms with Crippen LogP contribution < -0.4 is 10.1 Å². The fourth-order valence-electron chi connectivity index (χ4n) is 2.44. The zero-order chi connectivity index (χ0) is 13.7. The van der Waals surface area contributed by atoms with Crippen LogP contribution in [0.1, 0.15) is 29.6 Å². The molecule has 0 aromatic carbocycles. The van der Waals surface area contributed by atoms with Crippen LogP contribution >= 0.6 is 0 Å². The van der Waals surface area contributed by atoms with Crippen molar-refractivity contribution in [3.8, 4) is 5.88 Å². The number of ether oxygens (including phenoxy) is 2. The van der Waals surface area contributed by atoms with E-state index in [-0.39, 0.29) is 11.3 Å². The summed E-state index contributed by atoms with van der Waals surface area (Å²) in [6.07, 6.45) is 5.01. The zero-order valence-electron chi connectivity index (χ0n) is 11.4. The van der Waals surface area contributed by atoms with Gasteiger partial charge in [0.25, 0.3) is 5.91 Å². The normalized spacial score (nSPS) is 16.5. The van der Waals surface area contributed by atoms with E-state index < -0.39 is 0 Å². The molecule has 2 rings (SSSR count). The molecule has 5 heteroatoms. The van der Waals surface area contributed by atoms with Gasteiger partial charge in [-0.05, 0) is 25.0 Å². The lowest BCUT2D eigenvalue weighted by atomic mass is 9.69. The summed E-state index contributed by atoms with van der Waals surface area (Å²) in [5.74, 6) is 0.210. The van der Waals surface area contributed by atoms with Crippen LogP contribution in [0.25, 0.3) is 0 Å². The van der Waals surface area contributed by atoms with Gasteiger partial charge < -0.3 is 14.8 Å². The van der Waals surface area contributed by atoms with E-state index in [0.717, 1.165) is 12.8 Å². The third kappa shape index (κ3) is 3.04. The molecule has 1 fully saturated rings. The van der Waals surface area contributed by atoms with Gasteiger partial charge >= 0.3 is 0 Å². The van der Waals surface area contributed by atoms with E-state index in [1.165, 1.54) is 13.5 Å². The van der Waals surface area contributed by atoms with Crippen molar-refractivity contribution >= 4 is 5.91 Å². The van der Waals surface area contributed by atoms with Crippen molar-refractivity contribution in [3.63, 3.8) is 0 Å². The zero-order valence-corrected chi connectivity index (χ0v) is 11.4. The maximum Gasteiger partial charge on any atom is 0.256 e. The minimum Gasteiger partial charge on any atom is -0.480 e. The van der Waals surface area contributed by atoms with Crippen molar-refractivity contribution in [2.24, 2.45) is 5.41 Å². The lowest BCUT2D eigenvalue weighted by Gasteiger charge is -2.41. The molecule has 1 heterocycles. The number of methoxy groups -OCH3 is 2. The molecule has 1 aromatic rings. The summed E-state index contributed by atoms with van der Waals surface area (Å²) in [6, 6.07) is 3.44. The molecule has 104 valence electrons. The third-order valence-corrected chi connectivity index (χ3v) is 3.70. The molecule has 0 bridgehead atoms. The molecule has 1 aliphatic rings. The Bertz CT molecular complexity index is 444. The summed E-state index contributed by atoms with van der Waals surface area (Å²) in [7, 11) is 3.21. The maximum atomic E-state index is 12.1. The van der Waals surface area contributed by atoms with E-state index in [4.69, 9.17) is 9.47 Å². The number of carbonyl (C=O) groups is 1. The third-order valence-electron chi connectivity index (χ3n) is 3.70.